The highest BCUT2D eigenvalue weighted by atomic mass is 79.9. The molecular formula is C14H12BrN3O2. The lowest BCUT2D eigenvalue weighted by molar-refractivity contribution is 0.0952. The van der Waals surface area contributed by atoms with Crippen LogP contribution in [0, 0.1) is 0 Å². The third kappa shape index (κ3) is 3.64. The number of aromatic nitrogens is 1. The molecule has 1 aromatic heterocycles. The lowest BCUT2D eigenvalue weighted by Gasteiger charge is -2.07. The van der Waals surface area contributed by atoms with E-state index in [2.05, 4.69) is 31.4 Å². The van der Waals surface area contributed by atoms with Crippen LogP contribution < -0.4 is 10.2 Å². The molecule has 0 unspecified atom stereocenters. The summed E-state index contributed by atoms with van der Waals surface area (Å²) in [4.78, 5) is 15.9. The minimum absolute atomic E-state index is 0.339. The molecule has 1 N–H and O–H groups in total. The summed E-state index contributed by atoms with van der Waals surface area (Å²) in [7, 11) is 1.51. The molecule has 0 aliphatic carbocycles. The minimum atomic E-state index is -0.339. The fourth-order valence-electron chi connectivity index (χ4n) is 1.53. The number of nitrogens with one attached hydrogen (secondary N) is 1. The molecule has 0 aliphatic rings. The third-order valence-electron chi connectivity index (χ3n) is 2.49. The van der Waals surface area contributed by atoms with E-state index in [4.69, 9.17) is 4.74 Å². The summed E-state index contributed by atoms with van der Waals surface area (Å²) in [5.41, 5.74) is 3.72. The van der Waals surface area contributed by atoms with Gasteiger partial charge in [-0.05, 0) is 35.9 Å². The van der Waals surface area contributed by atoms with Gasteiger partial charge in [-0.2, -0.15) is 5.10 Å². The number of nitrogens with zero attached hydrogens (tertiary/aromatic N) is 2. The van der Waals surface area contributed by atoms with Crippen molar-refractivity contribution in [1.29, 1.82) is 0 Å². The number of hydrogen-bond acceptors (Lipinski definition) is 4. The van der Waals surface area contributed by atoms with Gasteiger partial charge in [-0.15, -0.1) is 0 Å². The highest BCUT2D eigenvalue weighted by Crippen LogP contribution is 2.22. The maximum Gasteiger partial charge on any atom is 0.275 e. The van der Waals surface area contributed by atoms with Gasteiger partial charge < -0.3 is 4.74 Å². The second kappa shape index (κ2) is 6.81. The molecular weight excluding hydrogens is 322 g/mol. The van der Waals surface area contributed by atoms with E-state index in [1.54, 1.807) is 48.9 Å². The Balaban J connectivity index is 2.09. The van der Waals surface area contributed by atoms with Gasteiger partial charge in [0.15, 0.2) is 0 Å². The number of pyridine rings is 1. The molecule has 2 aromatic rings. The number of amides is 1. The number of methoxy groups -OCH3 is 1. The average molecular weight is 334 g/mol. The average Bonchev–Trinajstić information content (AvgIpc) is 2.48. The lowest BCUT2D eigenvalue weighted by atomic mass is 10.2. The van der Waals surface area contributed by atoms with Gasteiger partial charge in [-0.1, -0.05) is 15.9 Å². The van der Waals surface area contributed by atoms with Crippen LogP contribution in [0.4, 0.5) is 0 Å². The van der Waals surface area contributed by atoms with Crippen LogP contribution in [0.2, 0.25) is 0 Å². The molecule has 0 radical (unpaired) electrons. The second-order valence-electron chi connectivity index (χ2n) is 3.82. The monoisotopic (exact) mass is 333 g/mol. The van der Waals surface area contributed by atoms with Crippen LogP contribution in [0.1, 0.15) is 15.9 Å². The van der Waals surface area contributed by atoms with Crippen molar-refractivity contribution in [1.82, 2.24) is 10.4 Å². The van der Waals surface area contributed by atoms with Crippen molar-refractivity contribution in [2.45, 2.75) is 0 Å². The molecule has 0 bridgehead atoms. The zero-order valence-electron chi connectivity index (χ0n) is 10.7. The molecule has 0 aliphatic heterocycles. The molecule has 0 saturated carbocycles. The summed E-state index contributed by atoms with van der Waals surface area (Å²) < 4.78 is 5.94. The Hall–Kier alpha value is -2.21. The molecule has 20 heavy (non-hydrogen) atoms. The molecule has 0 spiro atoms. The normalized spacial score (nSPS) is 10.5. The zero-order valence-corrected chi connectivity index (χ0v) is 12.3. The Morgan fingerprint density at radius 1 is 1.35 bits per heavy atom. The number of carbonyl (C=O) groups excluding carboxylic acids is 1. The van der Waals surface area contributed by atoms with Gasteiger partial charge in [0.2, 0.25) is 0 Å². The standard InChI is InChI=1S/C14H12BrN3O2/c1-20-13-3-2-11(15)8-12(13)14(19)18-17-9-10-4-6-16-7-5-10/h2-9H,1H3,(H,18,19)/b17-9+. The van der Waals surface area contributed by atoms with Gasteiger partial charge in [0.05, 0.1) is 18.9 Å². The minimum Gasteiger partial charge on any atom is -0.496 e. The van der Waals surface area contributed by atoms with Crippen molar-refractivity contribution >= 4 is 28.1 Å². The summed E-state index contributed by atoms with van der Waals surface area (Å²) in [6.45, 7) is 0. The van der Waals surface area contributed by atoms with Crippen molar-refractivity contribution in [3.05, 3.63) is 58.3 Å². The first kappa shape index (κ1) is 14.2. The maximum absolute atomic E-state index is 12.0. The number of rotatable bonds is 4. The Labute approximate surface area is 124 Å². The first-order valence-electron chi connectivity index (χ1n) is 5.77. The van der Waals surface area contributed by atoms with Crippen molar-refractivity contribution in [3.63, 3.8) is 0 Å². The number of hydrazone groups is 1. The van der Waals surface area contributed by atoms with Gasteiger partial charge in [0.25, 0.3) is 5.91 Å². The van der Waals surface area contributed by atoms with Crippen LogP contribution in [-0.4, -0.2) is 24.2 Å². The Morgan fingerprint density at radius 2 is 2.10 bits per heavy atom. The molecule has 5 nitrogen and oxygen atoms in total. The molecule has 6 heteroatoms. The van der Waals surface area contributed by atoms with Gasteiger partial charge in [-0.3, -0.25) is 9.78 Å². The predicted molar refractivity (Wildman–Crippen MR) is 80.0 cm³/mol. The van der Waals surface area contributed by atoms with E-state index in [9.17, 15) is 4.79 Å². The fourth-order valence-corrected chi connectivity index (χ4v) is 1.89. The molecule has 0 fully saturated rings. The lowest BCUT2D eigenvalue weighted by Crippen LogP contribution is -2.18. The molecule has 102 valence electrons. The van der Waals surface area contributed by atoms with E-state index < -0.39 is 0 Å². The second-order valence-corrected chi connectivity index (χ2v) is 4.74. The topological polar surface area (TPSA) is 63.6 Å². The number of ether oxygens (including phenoxy) is 1. The number of hydrogen-bond donors (Lipinski definition) is 1. The molecule has 1 aromatic carbocycles. The van der Waals surface area contributed by atoms with Crippen LogP contribution in [0.25, 0.3) is 0 Å². The van der Waals surface area contributed by atoms with Crippen LogP contribution in [0.15, 0.2) is 52.3 Å². The van der Waals surface area contributed by atoms with E-state index >= 15 is 0 Å². The molecule has 1 amide bonds. The van der Waals surface area contributed by atoms with Crippen LogP contribution in [0.5, 0.6) is 5.75 Å². The van der Waals surface area contributed by atoms with E-state index in [0.29, 0.717) is 11.3 Å². The molecule has 1 heterocycles. The number of carbonyl (C=O) groups is 1. The summed E-state index contributed by atoms with van der Waals surface area (Å²) in [5.74, 6) is 0.151. The molecule has 2 rings (SSSR count). The maximum atomic E-state index is 12.0. The largest absolute Gasteiger partial charge is 0.496 e. The fraction of sp³-hybridized carbons (Fsp3) is 0.0714. The van der Waals surface area contributed by atoms with E-state index in [1.807, 2.05) is 0 Å². The summed E-state index contributed by atoms with van der Waals surface area (Å²) in [6.07, 6.45) is 4.85. The van der Waals surface area contributed by atoms with Crippen molar-refractivity contribution in [2.75, 3.05) is 7.11 Å². The zero-order chi connectivity index (χ0) is 14.4. The number of benzene rings is 1. The Kier molecular flexibility index (Phi) is 4.84. The van der Waals surface area contributed by atoms with Gasteiger partial charge in [0.1, 0.15) is 5.75 Å². The Bertz CT molecular complexity index is 630. The van der Waals surface area contributed by atoms with Crippen LogP contribution in [-0.2, 0) is 0 Å². The molecule has 0 atom stereocenters. The van der Waals surface area contributed by atoms with Gasteiger partial charge in [-0.25, -0.2) is 5.43 Å². The number of halogens is 1. The van der Waals surface area contributed by atoms with Gasteiger partial charge in [0, 0.05) is 16.9 Å². The highest BCUT2D eigenvalue weighted by molar-refractivity contribution is 9.10. The van der Waals surface area contributed by atoms with Crippen LogP contribution >= 0.6 is 15.9 Å². The first-order valence-corrected chi connectivity index (χ1v) is 6.57. The van der Waals surface area contributed by atoms with E-state index in [-0.39, 0.29) is 5.91 Å². The summed E-state index contributed by atoms with van der Waals surface area (Å²) in [6, 6.07) is 8.77. The van der Waals surface area contributed by atoms with E-state index in [1.165, 1.54) is 7.11 Å². The highest BCUT2D eigenvalue weighted by Gasteiger charge is 2.11. The van der Waals surface area contributed by atoms with Gasteiger partial charge >= 0.3 is 0 Å². The predicted octanol–water partition coefficient (Wildman–Crippen LogP) is 2.62. The first-order chi connectivity index (χ1) is 9.70. The van der Waals surface area contributed by atoms with Crippen molar-refractivity contribution < 1.29 is 9.53 Å². The van der Waals surface area contributed by atoms with Crippen molar-refractivity contribution in [2.24, 2.45) is 5.10 Å². The Morgan fingerprint density at radius 3 is 2.80 bits per heavy atom. The van der Waals surface area contributed by atoms with E-state index in [0.717, 1.165) is 10.0 Å². The SMILES string of the molecule is COc1ccc(Br)cc1C(=O)N/N=C/c1ccncc1. The van der Waals surface area contributed by atoms with Crippen LogP contribution in [0.3, 0.4) is 0 Å². The molecule has 0 saturated heterocycles. The summed E-state index contributed by atoms with van der Waals surface area (Å²) >= 11 is 3.32. The third-order valence-corrected chi connectivity index (χ3v) is 2.99. The van der Waals surface area contributed by atoms with Crippen molar-refractivity contribution in [3.8, 4) is 5.75 Å². The smallest absolute Gasteiger partial charge is 0.275 e. The quantitative estimate of drug-likeness (QED) is 0.691. The summed E-state index contributed by atoms with van der Waals surface area (Å²) in [5, 5.41) is 3.90.